The van der Waals surface area contributed by atoms with Crippen molar-refractivity contribution in [1.82, 2.24) is 20.2 Å². The molecule has 3 atom stereocenters. The van der Waals surface area contributed by atoms with E-state index in [2.05, 4.69) is 36.9 Å². The summed E-state index contributed by atoms with van der Waals surface area (Å²) < 4.78 is 0. The van der Waals surface area contributed by atoms with Crippen LogP contribution in [0, 0.1) is 11.8 Å². The number of fused-ring (bicyclic) bond motifs is 2. The number of benzene rings is 1. The number of halogens is 2. The predicted octanol–water partition coefficient (Wildman–Crippen LogP) is 4.74. The Balaban J connectivity index is 1.30. The van der Waals surface area contributed by atoms with Crippen LogP contribution >= 0.6 is 34.5 Å². The fourth-order valence-electron chi connectivity index (χ4n) is 5.39. The Labute approximate surface area is 193 Å². The molecule has 0 spiro atoms. The highest BCUT2D eigenvalue weighted by molar-refractivity contribution is 7.08. The minimum Gasteiger partial charge on any atom is -0.355 e. The van der Waals surface area contributed by atoms with E-state index in [1.165, 1.54) is 5.56 Å². The summed E-state index contributed by atoms with van der Waals surface area (Å²) in [5.74, 6) is 2.06. The molecule has 6 rings (SSSR count). The lowest BCUT2D eigenvalue weighted by molar-refractivity contribution is 0.545. The van der Waals surface area contributed by atoms with E-state index in [0.29, 0.717) is 39.6 Å². The zero-order valence-corrected chi connectivity index (χ0v) is 18.9. The summed E-state index contributed by atoms with van der Waals surface area (Å²) in [6, 6.07) is 7.74. The molecule has 3 unspecified atom stereocenters. The number of thiophene rings is 1. The molecule has 158 valence electrons. The molecule has 0 amide bonds. The molecule has 1 saturated carbocycles. The number of hydrogen-bond acceptors (Lipinski definition) is 6. The van der Waals surface area contributed by atoms with Gasteiger partial charge >= 0.3 is 0 Å². The lowest BCUT2D eigenvalue weighted by atomic mass is 9.94. The Hall–Kier alpha value is -2.19. The molecule has 1 saturated heterocycles. The molecule has 4 aromatic rings. The van der Waals surface area contributed by atoms with E-state index in [1.54, 1.807) is 17.4 Å². The van der Waals surface area contributed by atoms with Gasteiger partial charge in [0.25, 0.3) is 0 Å². The average Bonchev–Trinajstić information content (AvgIpc) is 3.15. The molecular formula is C22H20Cl2N6S. The van der Waals surface area contributed by atoms with E-state index >= 15 is 0 Å². The zero-order valence-electron chi connectivity index (χ0n) is 16.6. The van der Waals surface area contributed by atoms with Crippen LogP contribution in [0.25, 0.3) is 22.4 Å². The van der Waals surface area contributed by atoms with Gasteiger partial charge in [0, 0.05) is 30.6 Å². The van der Waals surface area contributed by atoms with Crippen LogP contribution in [0.2, 0.25) is 10.0 Å². The highest BCUT2D eigenvalue weighted by atomic mass is 35.5. The Morgan fingerprint density at radius 1 is 1.26 bits per heavy atom. The van der Waals surface area contributed by atoms with Gasteiger partial charge in [-0.1, -0.05) is 35.3 Å². The van der Waals surface area contributed by atoms with E-state index < -0.39 is 0 Å². The first-order valence-corrected chi connectivity index (χ1v) is 12.0. The van der Waals surface area contributed by atoms with Crippen LogP contribution in [0.4, 0.5) is 5.82 Å². The Bertz CT molecular complexity index is 1270. The third kappa shape index (κ3) is 2.84. The van der Waals surface area contributed by atoms with Crippen molar-refractivity contribution >= 4 is 51.5 Å². The smallest absolute Gasteiger partial charge is 0.202 e. The van der Waals surface area contributed by atoms with Crippen molar-refractivity contribution in [2.24, 2.45) is 17.6 Å². The monoisotopic (exact) mass is 470 g/mol. The van der Waals surface area contributed by atoms with Crippen molar-refractivity contribution in [2.75, 3.05) is 24.5 Å². The van der Waals surface area contributed by atoms with E-state index in [0.717, 1.165) is 36.6 Å². The first kappa shape index (κ1) is 19.5. The van der Waals surface area contributed by atoms with Gasteiger partial charge in [0.15, 0.2) is 0 Å². The van der Waals surface area contributed by atoms with Gasteiger partial charge in [0.2, 0.25) is 5.65 Å². The number of anilines is 1. The summed E-state index contributed by atoms with van der Waals surface area (Å²) in [6.07, 6.45) is 2.94. The molecule has 2 fully saturated rings. The topological polar surface area (TPSA) is 83.7 Å². The number of H-pyrrole nitrogens is 1. The van der Waals surface area contributed by atoms with Gasteiger partial charge in [0.1, 0.15) is 11.3 Å². The maximum absolute atomic E-state index is 6.40. The minimum atomic E-state index is 0.120. The molecule has 1 aromatic carbocycles. The summed E-state index contributed by atoms with van der Waals surface area (Å²) in [7, 11) is 0. The van der Waals surface area contributed by atoms with Gasteiger partial charge in [-0.05, 0) is 46.7 Å². The fourth-order valence-corrected chi connectivity index (χ4v) is 6.53. The van der Waals surface area contributed by atoms with Crippen LogP contribution in [-0.4, -0.2) is 39.8 Å². The maximum Gasteiger partial charge on any atom is 0.202 e. The standard InChI is InChI=1S/C22H20Cl2N6S/c23-16-3-1-2-13(18(16)24)19-20-21(29-28-19)27-17(8-26-20)30-6-4-14-15(9-30)22(14,11-25)12-5-7-31-10-12/h1-3,5,7-8,10,14-15H,4,6,9,11,25H2,(H,27,28,29). The summed E-state index contributed by atoms with van der Waals surface area (Å²) in [4.78, 5) is 11.8. The molecule has 1 aliphatic carbocycles. The fraction of sp³-hybridized carbons (Fsp3) is 0.318. The Morgan fingerprint density at radius 3 is 2.97 bits per heavy atom. The van der Waals surface area contributed by atoms with Gasteiger partial charge in [-0.25, -0.2) is 9.97 Å². The van der Waals surface area contributed by atoms with Gasteiger partial charge in [-0.2, -0.15) is 16.4 Å². The highest BCUT2D eigenvalue weighted by Crippen LogP contribution is 2.63. The van der Waals surface area contributed by atoms with Crippen LogP contribution < -0.4 is 10.6 Å². The van der Waals surface area contributed by atoms with Crippen LogP contribution in [0.3, 0.4) is 0 Å². The maximum atomic E-state index is 6.40. The lowest BCUT2D eigenvalue weighted by Crippen LogP contribution is -2.32. The molecule has 4 heterocycles. The number of nitrogens with zero attached hydrogens (tertiary/aromatic N) is 4. The SMILES string of the molecule is NCC1(c2ccsc2)C2CCN(c3cnc4c(-c5cccc(Cl)c5Cl)[nH]nc4n3)CC21. The van der Waals surface area contributed by atoms with Crippen LogP contribution in [0.5, 0.6) is 0 Å². The van der Waals surface area contributed by atoms with Crippen molar-refractivity contribution in [3.8, 4) is 11.3 Å². The molecule has 3 N–H and O–H groups in total. The quantitative estimate of drug-likeness (QED) is 0.449. The molecule has 3 aromatic heterocycles. The zero-order chi connectivity index (χ0) is 21.2. The van der Waals surface area contributed by atoms with Crippen molar-refractivity contribution < 1.29 is 0 Å². The van der Waals surface area contributed by atoms with Gasteiger partial charge in [-0.15, -0.1) is 0 Å². The average molecular weight is 471 g/mol. The van der Waals surface area contributed by atoms with E-state index in [1.807, 2.05) is 18.3 Å². The van der Waals surface area contributed by atoms with Crippen LogP contribution in [-0.2, 0) is 5.41 Å². The summed E-state index contributed by atoms with van der Waals surface area (Å²) in [5.41, 5.74) is 10.5. The normalized spacial score (nSPS) is 25.1. The third-order valence-electron chi connectivity index (χ3n) is 7.02. The van der Waals surface area contributed by atoms with Crippen molar-refractivity contribution in [3.63, 3.8) is 0 Å². The lowest BCUT2D eigenvalue weighted by Gasteiger charge is -2.26. The number of hydrogen-bond donors (Lipinski definition) is 2. The molecule has 0 radical (unpaired) electrons. The predicted molar refractivity (Wildman–Crippen MR) is 126 cm³/mol. The minimum absolute atomic E-state index is 0.120. The Kier molecular flexibility index (Phi) is 4.51. The largest absolute Gasteiger partial charge is 0.355 e. The molecule has 1 aliphatic heterocycles. The van der Waals surface area contributed by atoms with Gasteiger partial charge in [-0.3, -0.25) is 5.10 Å². The first-order chi connectivity index (χ1) is 15.1. The number of aromatic nitrogens is 4. The Morgan fingerprint density at radius 2 is 2.16 bits per heavy atom. The number of rotatable bonds is 4. The number of aromatic amines is 1. The van der Waals surface area contributed by atoms with Crippen molar-refractivity contribution in [1.29, 1.82) is 0 Å². The molecule has 2 aliphatic rings. The molecule has 31 heavy (non-hydrogen) atoms. The molecule has 9 heteroatoms. The summed E-state index contributed by atoms with van der Waals surface area (Å²) in [5, 5.41) is 12.8. The molecular weight excluding hydrogens is 451 g/mol. The second-order valence-electron chi connectivity index (χ2n) is 8.30. The van der Waals surface area contributed by atoms with E-state index in [-0.39, 0.29) is 5.41 Å². The first-order valence-electron chi connectivity index (χ1n) is 10.3. The van der Waals surface area contributed by atoms with Crippen molar-refractivity contribution in [2.45, 2.75) is 11.8 Å². The van der Waals surface area contributed by atoms with Crippen LogP contribution in [0.1, 0.15) is 12.0 Å². The second-order valence-corrected chi connectivity index (χ2v) is 9.87. The number of nitrogens with two attached hydrogens (primary N) is 1. The molecule has 6 nitrogen and oxygen atoms in total. The summed E-state index contributed by atoms with van der Waals surface area (Å²) >= 11 is 14.3. The number of nitrogens with one attached hydrogen (secondary N) is 1. The number of piperidine rings is 1. The van der Waals surface area contributed by atoms with E-state index in [4.69, 9.17) is 33.9 Å². The third-order valence-corrected chi connectivity index (χ3v) is 8.52. The highest BCUT2D eigenvalue weighted by Gasteiger charge is 2.65. The van der Waals surface area contributed by atoms with Crippen molar-refractivity contribution in [3.05, 3.63) is 56.8 Å². The second kappa shape index (κ2) is 7.17. The summed E-state index contributed by atoms with van der Waals surface area (Å²) in [6.45, 7) is 2.58. The van der Waals surface area contributed by atoms with Gasteiger partial charge in [0.05, 0.1) is 21.9 Å². The molecule has 0 bridgehead atoms. The van der Waals surface area contributed by atoms with Gasteiger partial charge < -0.3 is 10.6 Å². The van der Waals surface area contributed by atoms with E-state index in [9.17, 15) is 0 Å². The van der Waals surface area contributed by atoms with Crippen LogP contribution in [0.15, 0.2) is 41.2 Å².